The maximum absolute atomic E-state index is 12.8. The highest BCUT2D eigenvalue weighted by molar-refractivity contribution is 5.98. The number of pyridine rings is 1. The third-order valence-electron chi connectivity index (χ3n) is 5.01. The number of ether oxygens (including phenoxy) is 2. The molecule has 25 heavy (non-hydrogen) atoms. The van der Waals surface area contributed by atoms with Gasteiger partial charge >= 0.3 is 5.95 Å². The Morgan fingerprint density at radius 2 is 1.96 bits per heavy atom. The molecule has 2 aromatic heterocycles. The minimum Gasteiger partial charge on any atom is -0.381 e. The van der Waals surface area contributed by atoms with Crippen LogP contribution in [0.15, 0.2) is 24.4 Å². The normalized spacial score (nSPS) is 19.3. The van der Waals surface area contributed by atoms with Crippen molar-refractivity contribution in [3.05, 3.63) is 30.1 Å². The van der Waals surface area contributed by atoms with Gasteiger partial charge in [-0.3, -0.25) is 9.69 Å². The molecule has 0 aliphatic carbocycles. The number of anilines is 1. The number of carbonyl (C=O) groups is 1. The maximum Gasteiger partial charge on any atom is 0.363 e. The summed E-state index contributed by atoms with van der Waals surface area (Å²) in [5, 5.41) is 3.09. The van der Waals surface area contributed by atoms with Crippen LogP contribution in [0.25, 0.3) is 5.52 Å². The summed E-state index contributed by atoms with van der Waals surface area (Å²) in [7, 11) is 0. The molecule has 4 rings (SSSR count). The predicted molar refractivity (Wildman–Crippen MR) is 92.9 cm³/mol. The van der Waals surface area contributed by atoms with Gasteiger partial charge in [0, 0.05) is 19.8 Å². The van der Waals surface area contributed by atoms with Crippen LogP contribution in [0.3, 0.4) is 0 Å². The van der Waals surface area contributed by atoms with E-state index in [1.54, 1.807) is 0 Å². The van der Waals surface area contributed by atoms with Crippen molar-refractivity contribution in [1.29, 1.82) is 0 Å². The van der Waals surface area contributed by atoms with Crippen LogP contribution in [0, 0.1) is 5.92 Å². The highest BCUT2D eigenvalue weighted by atomic mass is 16.5. The van der Waals surface area contributed by atoms with E-state index in [0.29, 0.717) is 31.4 Å². The summed E-state index contributed by atoms with van der Waals surface area (Å²) in [6.07, 6.45) is 4.02. The number of aromatic nitrogens is 2. The quantitative estimate of drug-likeness (QED) is 0.802. The molecule has 0 unspecified atom stereocenters. The average Bonchev–Trinajstić information content (AvgIpc) is 3.07. The highest BCUT2D eigenvalue weighted by Crippen LogP contribution is 2.16. The third kappa shape index (κ3) is 3.48. The summed E-state index contributed by atoms with van der Waals surface area (Å²) in [5.41, 5.74) is 1.52. The molecule has 2 aromatic rings. The first kappa shape index (κ1) is 16.4. The molecule has 0 saturated carbocycles. The number of nitrogens with one attached hydrogen (secondary N) is 2. The fraction of sp³-hybridized carbons (Fsp3) is 0.556. The fourth-order valence-corrected chi connectivity index (χ4v) is 3.52. The van der Waals surface area contributed by atoms with Gasteiger partial charge in [-0.05, 0) is 30.9 Å². The van der Waals surface area contributed by atoms with Crippen molar-refractivity contribution in [2.75, 3.05) is 51.0 Å². The summed E-state index contributed by atoms with van der Waals surface area (Å²) >= 11 is 0. The van der Waals surface area contributed by atoms with E-state index in [0.717, 1.165) is 50.6 Å². The van der Waals surface area contributed by atoms with Gasteiger partial charge in [0.1, 0.15) is 0 Å². The van der Waals surface area contributed by atoms with Gasteiger partial charge in [-0.2, -0.15) is 0 Å². The predicted octanol–water partition coefficient (Wildman–Crippen LogP) is 0.746. The minimum absolute atomic E-state index is 0.0466. The molecule has 1 amide bonds. The molecule has 0 aromatic carbocycles. The number of fused-ring (bicyclic) bond motifs is 1. The van der Waals surface area contributed by atoms with Gasteiger partial charge in [0.2, 0.25) is 5.69 Å². The molecular weight excluding hydrogens is 320 g/mol. The molecule has 2 fully saturated rings. The second kappa shape index (κ2) is 7.41. The lowest BCUT2D eigenvalue weighted by molar-refractivity contribution is -0.497. The zero-order chi connectivity index (χ0) is 17.1. The van der Waals surface area contributed by atoms with Crippen molar-refractivity contribution in [2.45, 2.75) is 12.8 Å². The Balaban J connectivity index is 1.55. The summed E-state index contributed by atoms with van der Waals surface area (Å²) in [6, 6.07) is 5.92. The Kier molecular flexibility index (Phi) is 4.85. The molecule has 0 spiro atoms. The Bertz CT molecular complexity index is 733. The zero-order valence-corrected chi connectivity index (χ0v) is 14.4. The van der Waals surface area contributed by atoms with E-state index < -0.39 is 0 Å². The van der Waals surface area contributed by atoms with Crippen LogP contribution >= 0.6 is 0 Å². The highest BCUT2D eigenvalue weighted by Gasteiger charge is 2.28. The minimum atomic E-state index is -0.0466. The van der Waals surface area contributed by atoms with E-state index in [9.17, 15) is 4.79 Å². The molecule has 0 radical (unpaired) electrons. The second-order valence-electron chi connectivity index (χ2n) is 6.64. The molecule has 0 bridgehead atoms. The Labute approximate surface area is 146 Å². The van der Waals surface area contributed by atoms with Crippen LogP contribution in [0.5, 0.6) is 0 Å². The molecule has 134 valence electrons. The molecular formula is C18H25N4O3+. The Morgan fingerprint density at radius 1 is 1.20 bits per heavy atom. The number of hydrogen-bond donors (Lipinski definition) is 2. The van der Waals surface area contributed by atoms with E-state index in [1.807, 2.05) is 24.4 Å². The molecule has 7 nitrogen and oxygen atoms in total. The van der Waals surface area contributed by atoms with E-state index >= 15 is 0 Å². The number of imidazole rings is 1. The van der Waals surface area contributed by atoms with Crippen LogP contribution in [0.2, 0.25) is 0 Å². The Morgan fingerprint density at radius 3 is 2.76 bits per heavy atom. The van der Waals surface area contributed by atoms with Gasteiger partial charge in [0.25, 0.3) is 5.91 Å². The molecule has 4 heterocycles. The van der Waals surface area contributed by atoms with Gasteiger partial charge in [-0.15, -0.1) is 0 Å². The van der Waals surface area contributed by atoms with Crippen LogP contribution in [0.4, 0.5) is 5.95 Å². The van der Waals surface area contributed by atoms with Gasteiger partial charge < -0.3 is 14.8 Å². The first-order valence-corrected chi connectivity index (χ1v) is 9.04. The van der Waals surface area contributed by atoms with E-state index in [1.165, 1.54) is 0 Å². The van der Waals surface area contributed by atoms with Crippen molar-refractivity contribution in [3.63, 3.8) is 0 Å². The third-order valence-corrected chi connectivity index (χ3v) is 5.01. The van der Waals surface area contributed by atoms with Crippen LogP contribution in [-0.2, 0) is 9.47 Å². The maximum atomic E-state index is 12.8. The molecule has 2 N–H and O–H groups in total. The number of amides is 1. The number of H-pyrrole nitrogens is 1. The van der Waals surface area contributed by atoms with Gasteiger partial charge in [0.05, 0.1) is 32.5 Å². The summed E-state index contributed by atoms with van der Waals surface area (Å²) in [4.78, 5) is 18.3. The van der Waals surface area contributed by atoms with E-state index in [4.69, 9.17) is 9.47 Å². The van der Waals surface area contributed by atoms with Crippen molar-refractivity contribution >= 4 is 17.4 Å². The molecule has 2 saturated heterocycles. The first-order chi connectivity index (χ1) is 12.3. The summed E-state index contributed by atoms with van der Waals surface area (Å²) in [6.45, 7) is 5.35. The summed E-state index contributed by atoms with van der Waals surface area (Å²) in [5.74, 6) is 1.40. The molecule has 7 heteroatoms. The van der Waals surface area contributed by atoms with Crippen molar-refractivity contribution in [2.24, 2.45) is 5.92 Å². The number of rotatable bonds is 4. The lowest BCUT2D eigenvalue weighted by Crippen LogP contribution is -2.41. The lowest BCUT2D eigenvalue weighted by Gasteiger charge is -2.22. The van der Waals surface area contributed by atoms with Crippen LogP contribution < -0.4 is 14.6 Å². The van der Waals surface area contributed by atoms with Crippen molar-refractivity contribution < 1.29 is 18.7 Å². The van der Waals surface area contributed by atoms with Crippen LogP contribution in [0.1, 0.15) is 23.3 Å². The summed E-state index contributed by atoms with van der Waals surface area (Å²) < 4.78 is 12.9. The molecule has 0 atom stereocenters. The second-order valence-corrected chi connectivity index (χ2v) is 6.64. The average molecular weight is 345 g/mol. The molecule has 2 aliphatic heterocycles. The van der Waals surface area contributed by atoms with Gasteiger partial charge in [-0.25, -0.2) is 9.38 Å². The first-order valence-electron chi connectivity index (χ1n) is 9.04. The SMILES string of the molecule is O=C(NCC1CCOCC1)c1[nH]c(N2CCOCC2)[n+]2ccccc12. The Hall–Kier alpha value is -2.12. The fourth-order valence-electron chi connectivity index (χ4n) is 3.52. The van der Waals surface area contributed by atoms with Crippen molar-refractivity contribution in [3.8, 4) is 0 Å². The monoisotopic (exact) mass is 345 g/mol. The van der Waals surface area contributed by atoms with E-state index in [-0.39, 0.29) is 5.91 Å². The lowest BCUT2D eigenvalue weighted by atomic mass is 10.0. The van der Waals surface area contributed by atoms with Gasteiger partial charge in [0.15, 0.2) is 5.52 Å². The van der Waals surface area contributed by atoms with Gasteiger partial charge in [-0.1, -0.05) is 6.07 Å². The van der Waals surface area contributed by atoms with Crippen molar-refractivity contribution in [1.82, 2.24) is 10.3 Å². The standard InChI is InChI=1S/C18H24N4O3/c23-17(19-13-14-4-9-24-10-5-14)16-15-3-1-2-6-22(15)18(20-16)21-7-11-25-12-8-21/h1-3,6,14H,4-5,7-13H2,(H,19,23)/p+1. The number of hydrogen-bond acceptors (Lipinski definition) is 4. The number of carbonyl (C=O) groups excluding carboxylic acids is 1. The van der Waals surface area contributed by atoms with Crippen LogP contribution in [-0.4, -0.2) is 57.0 Å². The zero-order valence-electron chi connectivity index (χ0n) is 14.4. The number of aromatic amines is 1. The molecule has 2 aliphatic rings. The smallest absolute Gasteiger partial charge is 0.363 e. The topological polar surface area (TPSA) is 70.7 Å². The van der Waals surface area contributed by atoms with E-state index in [2.05, 4.69) is 19.6 Å². The number of nitrogens with zero attached hydrogens (tertiary/aromatic N) is 2. The number of morpholine rings is 1. The largest absolute Gasteiger partial charge is 0.381 e.